The number of amides is 1. The largest absolute Gasteiger partial charge is 0.479 e. The molecule has 1 amide bonds. The first-order chi connectivity index (χ1) is 8.97. The molecule has 6 heteroatoms. The van der Waals surface area contributed by atoms with E-state index in [1.807, 2.05) is 0 Å². The Morgan fingerprint density at radius 2 is 2.26 bits per heavy atom. The van der Waals surface area contributed by atoms with Gasteiger partial charge in [-0.1, -0.05) is 6.07 Å². The number of carbonyl (C=O) groups excluding carboxylic acids is 1. The van der Waals surface area contributed by atoms with Crippen LogP contribution in [0.2, 0.25) is 0 Å². The van der Waals surface area contributed by atoms with Crippen LogP contribution >= 0.6 is 0 Å². The number of aliphatic hydroxyl groups excluding tert-OH is 1. The smallest absolute Gasteiger partial charge is 0.332 e. The van der Waals surface area contributed by atoms with Gasteiger partial charge in [-0.2, -0.15) is 0 Å². The fourth-order valence-corrected chi connectivity index (χ4v) is 1.84. The highest BCUT2D eigenvalue weighted by Gasteiger charge is 2.23. The third-order valence-corrected chi connectivity index (χ3v) is 2.97. The van der Waals surface area contributed by atoms with Gasteiger partial charge in [-0.25, -0.2) is 4.79 Å². The van der Waals surface area contributed by atoms with Gasteiger partial charge in [0, 0.05) is 0 Å². The lowest BCUT2D eigenvalue weighted by molar-refractivity contribution is -0.146. The van der Waals surface area contributed by atoms with Crippen LogP contribution in [0.15, 0.2) is 18.2 Å². The molecule has 3 N–H and O–H groups in total. The van der Waals surface area contributed by atoms with Crippen LogP contribution in [-0.2, 0) is 16.0 Å². The quantitative estimate of drug-likeness (QED) is 0.747. The van der Waals surface area contributed by atoms with Crippen LogP contribution < -0.4 is 10.1 Å². The van der Waals surface area contributed by atoms with E-state index in [4.69, 9.17) is 9.84 Å². The van der Waals surface area contributed by atoms with Crippen molar-refractivity contribution in [3.05, 3.63) is 23.8 Å². The zero-order chi connectivity index (χ0) is 14.0. The second kappa shape index (κ2) is 5.27. The van der Waals surface area contributed by atoms with Crippen molar-refractivity contribution in [2.45, 2.75) is 32.0 Å². The molecule has 6 nitrogen and oxygen atoms in total. The molecule has 0 bridgehead atoms. The minimum absolute atomic E-state index is 0.124. The first kappa shape index (κ1) is 13.4. The summed E-state index contributed by atoms with van der Waals surface area (Å²) in [5.74, 6) is -0.853. The summed E-state index contributed by atoms with van der Waals surface area (Å²) in [5.41, 5.74) is 1.41. The molecule has 0 saturated heterocycles. The van der Waals surface area contributed by atoms with Crippen molar-refractivity contribution < 1.29 is 24.5 Å². The van der Waals surface area contributed by atoms with Crippen LogP contribution in [0.5, 0.6) is 5.75 Å². The molecular weight excluding hydrogens is 250 g/mol. The molecular formula is C13H15NO5. The summed E-state index contributed by atoms with van der Waals surface area (Å²) in [6.07, 6.45) is -1.36. The summed E-state index contributed by atoms with van der Waals surface area (Å²) < 4.78 is 5.41. The topological polar surface area (TPSA) is 95.9 Å². The third kappa shape index (κ3) is 3.03. The van der Waals surface area contributed by atoms with Gasteiger partial charge in [-0.15, -0.1) is 0 Å². The maximum Gasteiger partial charge on any atom is 0.332 e. The number of hydrogen-bond donors (Lipinski definition) is 3. The molecule has 0 spiro atoms. The monoisotopic (exact) mass is 265 g/mol. The van der Waals surface area contributed by atoms with Gasteiger partial charge in [-0.05, 0) is 37.5 Å². The molecule has 2 rings (SSSR count). The zero-order valence-corrected chi connectivity index (χ0v) is 10.4. The standard InChI is InChI=1S/C13H15NO5/c1-7-12(16)14-9-6-8(3-5-11(9)19-7)2-4-10(15)13(17)18/h3,5-7,10,15H,2,4H2,1H3,(H,14,16)(H,17,18). The summed E-state index contributed by atoms with van der Waals surface area (Å²) in [5, 5.41) is 20.5. The Morgan fingerprint density at radius 1 is 1.53 bits per heavy atom. The van der Waals surface area contributed by atoms with Crippen LogP contribution in [0.1, 0.15) is 18.9 Å². The Bertz CT molecular complexity index is 514. The number of fused-ring (bicyclic) bond motifs is 1. The third-order valence-electron chi connectivity index (χ3n) is 2.97. The lowest BCUT2D eigenvalue weighted by Crippen LogP contribution is -2.34. The highest BCUT2D eigenvalue weighted by atomic mass is 16.5. The maximum absolute atomic E-state index is 11.5. The minimum atomic E-state index is -1.37. The number of anilines is 1. The summed E-state index contributed by atoms with van der Waals surface area (Å²) in [4.78, 5) is 22.0. The maximum atomic E-state index is 11.5. The molecule has 1 aromatic carbocycles. The van der Waals surface area contributed by atoms with E-state index in [9.17, 15) is 14.7 Å². The number of carbonyl (C=O) groups is 2. The number of ether oxygens (including phenoxy) is 1. The summed E-state index contributed by atoms with van der Waals surface area (Å²) >= 11 is 0. The number of benzene rings is 1. The molecule has 2 unspecified atom stereocenters. The average molecular weight is 265 g/mol. The van der Waals surface area contributed by atoms with Crippen molar-refractivity contribution in [1.29, 1.82) is 0 Å². The second-order valence-corrected chi connectivity index (χ2v) is 4.47. The molecule has 1 aliphatic heterocycles. The molecule has 2 atom stereocenters. The molecule has 1 aromatic rings. The van der Waals surface area contributed by atoms with Gasteiger partial charge in [0.1, 0.15) is 5.75 Å². The fourth-order valence-electron chi connectivity index (χ4n) is 1.84. The zero-order valence-electron chi connectivity index (χ0n) is 10.4. The number of aliphatic hydroxyl groups is 1. The number of carboxylic acid groups (broad SMARTS) is 1. The van der Waals surface area contributed by atoms with Crippen molar-refractivity contribution >= 4 is 17.6 Å². The van der Waals surface area contributed by atoms with E-state index in [0.717, 1.165) is 5.56 Å². The summed E-state index contributed by atoms with van der Waals surface area (Å²) in [6, 6.07) is 5.25. The molecule has 19 heavy (non-hydrogen) atoms. The normalized spacial score (nSPS) is 19.1. The Labute approximate surface area is 110 Å². The summed E-state index contributed by atoms with van der Waals surface area (Å²) in [7, 11) is 0. The van der Waals surface area contributed by atoms with Crippen molar-refractivity contribution in [1.82, 2.24) is 0 Å². The van der Waals surface area contributed by atoms with Crippen LogP contribution in [0, 0.1) is 0 Å². The van der Waals surface area contributed by atoms with Gasteiger partial charge in [0.15, 0.2) is 12.2 Å². The van der Waals surface area contributed by atoms with E-state index in [1.165, 1.54) is 0 Å². The highest BCUT2D eigenvalue weighted by Crippen LogP contribution is 2.30. The molecule has 0 radical (unpaired) electrons. The van der Waals surface area contributed by atoms with Crippen LogP contribution in [-0.4, -0.2) is 34.3 Å². The van der Waals surface area contributed by atoms with E-state index in [1.54, 1.807) is 25.1 Å². The molecule has 1 aliphatic rings. The van der Waals surface area contributed by atoms with E-state index >= 15 is 0 Å². The van der Waals surface area contributed by atoms with Gasteiger partial charge in [0.05, 0.1) is 5.69 Å². The number of nitrogens with one attached hydrogen (secondary N) is 1. The Balaban J connectivity index is 2.07. The summed E-state index contributed by atoms with van der Waals surface area (Å²) in [6.45, 7) is 1.66. The lowest BCUT2D eigenvalue weighted by Gasteiger charge is -2.23. The number of hydrogen-bond acceptors (Lipinski definition) is 4. The van der Waals surface area contributed by atoms with Crippen LogP contribution in [0.4, 0.5) is 5.69 Å². The predicted octanol–water partition coefficient (Wildman–Crippen LogP) is 0.784. The Hall–Kier alpha value is -2.08. The van der Waals surface area contributed by atoms with Gasteiger partial charge in [0.2, 0.25) is 0 Å². The average Bonchev–Trinajstić information content (AvgIpc) is 2.37. The van der Waals surface area contributed by atoms with Gasteiger partial charge < -0.3 is 20.3 Å². The first-order valence-corrected chi connectivity index (χ1v) is 5.98. The van der Waals surface area contributed by atoms with Crippen molar-refractivity contribution in [2.24, 2.45) is 0 Å². The van der Waals surface area contributed by atoms with Crippen molar-refractivity contribution in [3.63, 3.8) is 0 Å². The second-order valence-electron chi connectivity index (χ2n) is 4.47. The number of carboxylic acids is 1. The minimum Gasteiger partial charge on any atom is -0.479 e. The van der Waals surface area contributed by atoms with E-state index in [-0.39, 0.29) is 12.3 Å². The van der Waals surface area contributed by atoms with Crippen LogP contribution in [0.25, 0.3) is 0 Å². The van der Waals surface area contributed by atoms with Crippen molar-refractivity contribution in [2.75, 3.05) is 5.32 Å². The Morgan fingerprint density at radius 3 is 2.95 bits per heavy atom. The van der Waals surface area contributed by atoms with Crippen molar-refractivity contribution in [3.8, 4) is 5.75 Å². The van der Waals surface area contributed by atoms with Gasteiger partial charge in [-0.3, -0.25) is 4.79 Å². The van der Waals surface area contributed by atoms with E-state index in [2.05, 4.69) is 5.32 Å². The molecule has 102 valence electrons. The number of aliphatic carboxylic acids is 1. The van der Waals surface area contributed by atoms with E-state index < -0.39 is 18.2 Å². The van der Waals surface area contributed by atoms with Gasteiger partial charge in [0.25, 0.3) is 5.91 Å². The molecule has 0 aromatic heterocycles. The molecule has 1 heterocycles. The Kier molecular flexibility index (Phi) is 3.71. The van der Waals surface area contributed by atoms with Gasteiger partial charge >= 0.3 is 5.97 Å². The first-order valence-electron chi connectivity index (χ1n) is 5.98. The lowest BCUT2D eigenvalue weighted by atomic mass is 10.0. The molecule has 0 saturated carbocycles. The predicted molar refractivity (Wildman–Crippen MR) is 67.1 cm³/mol. The highest BCUT2D eigenvalue weighted by molar-refractivity contribution is 5.97. The fraction of sp³-hybridized carbons (Fsp3) is 0.385. The SMILES string of the molecule is CC1Oc2ccc(CCC(O)C(=O)O)cc2NC1=O. The molecule has 0 aliphatic carbocycles. The van der Waals surface area contributed by atoms with Crippen LogP contribution in [0.3, 0.4) is 0 Å². The number of aryl methyl sites for hydroxylation is 1. The molecule has 0 fully saturated rings. The number of rotatable bonds is 4. The van der Waals surface area contributed by atoms with E-state index in [0.29, 0.717) is 17.9 Å².